The maximum Gasteiger partial charge on any atom is 0.378 e. The van der Waals surface area contributed by atoms with Gasteiger partial charge in [0.15, 0.2) is 0 Å². The summed E-state index contributed by atoms with van der Waals surface area (Å²) in [6.07, 6.45) is 1.75. The minimum Gasteiger partial charge on any atom is -0.507 e. The van der Waals surface area contributed by atoms with Gasteiger partial charge in [0.05, 0.1) is 13.7 Å². The predicted molar refractivity (Wildman–Crippen MR) is 88.6 cm³/mol. The van der Waals surface area contributed by atoms with E-state index in [-0.39, 0.29) is 11.2 Å². The van der Waals surface area contributed by atoms with Crippen molar-refractivity contribution in [1.82, 2.24) is 0 Å². The van der Waals surface area contributed by atoms with E-state index in [1.54, 1.807) is 18.2 Å². The summed E-state index contributed by atoms with van der Waals surface area (Å²) in [5.41, 5.74) is 1.15. The first kappa shape index (κ1) is 18.7. The lowest BCUT2D eigenvalue weighted by atomic mass is 9.85. The van der Waals surface area contributed by atoms with Crippen LogP contribution in [-0.4, -0.2) is 30.6 Å². The number of methoxy groups -OCH3 is 1. The van der Waals surface area contributed by atoms with Gasteiger partial charge in [-0.1, -0.05) is 27.7 Å². The number of hydrogen-bond acceptors (Lipinski definition) is 5. The molecule has 0 aliphatic carbocycles. The van der Waals surface area contributed by atoms with Gasteiger partial charge in [-0.25, -0.2) is 4.79 Å². The van der Waals surface area contributed by atoms with E-state index in [9.17, 15) is 14.7 Å². The molecular formula is C18H24O5. The van der Waals surface area contributed by atoms with Crippen LogP contribution in [0.15, 0.2) is 24.3 Å². The molecule has 0 aliphatic heterocycles. The number of ether oxygens (including phenoxy) is 2. The fourth-order valence-electron chi connectivity index (χ4n) is 1.98. The van der Waals surface area contributed by atoms with Crippen LogP contribution in [0, 0.1) is 0 Å². The highest BCUT2D eigenvalue weighted by Crippen LogP contribution is 2.33. The Hall–Kier alpha value is -2.30. The molecule has 0 heterocycles. The molecule has 0 aromatic heterocycles. The Morgan fingerprint density at radius 3 is 2.43 bits per heavy atom. The van der Waals surface area contributed by atoms with Gasteiger partial charge >= 0.3 is 5.97 Å². The summed E-state index contributed by atoms with van der Waals surface area (Å²) in [5, 5.41) is 10.1. The highest BCUT2D eigenvalue weighted by molar-refractivity contribution is 6.39. The number of carbonyl (C=O) groups is 2. The molecule has 0 spiro atoms. The summed E-state index contributed by atoms with van der Waals surface area (Å²) < 4.78 is 10.1. The lowest BCUT2D eigenvalue weighted by Gasteiger charge is -2.23. The van der Waals surface area contributed by atoms with Gasteiger partial charge in [0.2, 0.25) is 0 Å². The van der Waals surface area contributed by atoms with Crippen LogP contribution in [0.2, 0.25) is 0 Å². The van der Waals surface area contributed by atoms with Crippen LogP contribution >= 0.6 is 0 Å². The maximum absolute atomic E-state index is 11.5. The van der Waals surface area contributed by atoms with E-state index < -0.39 is 11.8 Å². The first-order valence-electron chi connectivity index (χ1n) is 7.51. The molecule has 0 saturated heterocycles. The molecule has 5 nitrogen and oxygen atoms in total. The van der Waals surface area contributed by atoms with Crippen LogP contribution in [0.5, 0.6) is 5.75 Å². The molecule has 0 atom stereocenters. The number of rotatable bonds is 6. The zero-order chi connectivity index (χ0) is 17.6. The Kier molecular flexibility index (Phi) is 6.37. The number of aliphatic hydroxyl groups is 1. The van der Waals surface area contributed by atoms with Crippen LogP contribution in [0.4, 0.5) is 0 Å². The van der Waals surface area contributed by atoms with Crippen LogP contribution < -0.4 is 4.74 Å². The van der Waals surface area contributed by atoms with E-state index in [2.05, 4.69) is 4.74 Å². The molecule has 1 aromatic rings. The number of benzene rings is 1. The molecule has 1 aromatic carbocycles. The normalized spacial score (nSPS) is 12.0. The number of carbonyl (C=O) groups excluding carboxylic acids is 2. The van der Waals surface area contributed by atoms with E-state index in [1.165, 1.54) is 0 Å². The van der Waals surface area contributed by atoms with Gasteiger partial charge in [-0.2, -0.15) is 0 Å². The van der Waals surface area contributed by atoms with Crippen molar-refractivity contribution in [1.29, 1.82) is 0 Å². The maximum atomic E-state index is 11.5. The fraction of sp³-hybridized carbons (Fsp3) is 0.444. The highest BCUT2D eigenvalue weighted by Gasteiger charge is 2.21. The summed E-state index contributed by atoms with van der Waals surface area (Å²) in [4.78, 5) is 22.6. The zero-order valence-electron chi connectivity index (χ0n) is 14.3. The Bertz CT molecular complexity index is 608. The molecule has 1 rings (SSSR count). The van der Waals surface area contributed by atoms with Crippen LogP contribution in [0.3, 0.4) is 0 Å². The van der Waals surface area contributed by atoms with Crippen LogP contribution in [0.1, 0.15) is 45.2 Å². The molecule has 0 amide bonds. The Labute approximate surface area is 136 Å². The van der Waals surface area contributed by atoms with Crippen molar-refractivity contribution in [3.63, 3.8) is 0 Å². The summed E-state index contributed by atoms with van der Waals surface area (Å²) in [7, 11) is 1.11. The van der Waals surface area contributed by atoms with Gasteiger partial charge in [-0.3, -0.25) is 4.79 Å². The third-order valence-electron chi connectivity index (χ3n) is 3.20. The second kappa shape index (κ2) is 7.81. The fourth-order valence-corrected chi connectivity index (χ4v) is 1.98. The first-order chi connectivity index (χ1) is 10.7. The summed E-state index contributed by atoms with van der Waals surface area (Å²) in [5.74, 6) is -1.47. The largest absolute Gasteiger partial charge is 0.507 e. The van der Waals surface area contributed by atoms with Gasteiger partial charge in [-0.05, 0) is 30.0 Å². The van der Waals surface area contributed by atoms with Gasteiger partial charge in [0, 0.05) is 17.2 Å². The summed E-state index contributed by atoms with van der Waals surface area (Å²) in [6.45, 7) is 8.73. The Morgan fingerprint density at radius 1 is 1.26 bits per heavy atom. The number of esters is 1. The van der Waals surface area contributed by atoms with Crippen LogP contribution in [0.25, 0.3) is 5.76 Å². The predicted octanol–water partition coefficient (Wildman–Crippen LogP) is 3.41. The minimum absolute atomic E-state index is 0.203. The summed E-state index contributed by atoms with van der Waals surface area (Å²) in [6, 6.07) is 5.18. The van der Waals surface area contributed by atoms with Crippen molar-refractivity contribution in [2.45, 2.75) is 39.5 Å². The lowest BCUT2D eigenvalue weighted by Crippen LogP contribution is -2.15. The van der Waals surface area contributed by atoms with Crippen molar-refractivity contribution in [3.05, 3.63) is 35.4 Å². The van der Waals surface area contributed by atoms with E-state index in [0.29, 0.717) is 12.2 Å². The minimum atomic E-state index is -1.02. The molecule has 0 aliphatic rings. The third kappa shape index (κ3) is 5.13. The zero-order valence-corrected chi connectivity index (χ0v) is 14.3. The average Bonchev–Trinajstić information content (AvgIpc) is 2.50. The van der Waals surface area contributed by atoms with Crippen molar-refractivity contribution in [2.24, 2.45) is 0 Å². The second-order valence-corrected chi connectivity index (χ2v) is 6.19. The third-order valence-corrected chi connectivity index (χ3v) is 3.20. The van der Waals surface area contributed by atoms with Gasteiger partial charge in [0.1, 0.15) is 11.5 Å². The lowest BCUT2D eigenvalue weighted by molar-refractivity contribution is -0.149. The highest BCUT2D eigenvalue weighted by atomic mass is 16.5. The first-order valence-corrected chi connectivity index (χ1v) is 7.51. The van der Waals surface area contributed by atoms with Crippen molar-refractivity contribution < 1.29 is 24.2 Å². The molecule has 5 heteroatoms. The standard InChI is InChI=1S/C18H24O5/c1-6-9-23-16-8-7-12(10-13(16)18(2,3)4)14(19)11-15(20)17(21)22-5/h7-8,10-11,19H,6,9H2,1-5H3/b14-11-. The number of aliphatic hydroxyl groups excluding tert-OH is 1. The molecular weight excluding hydrogens is 296 g/mol. The van der Waals surface area contributed by atoms with E-state index in [4.69, 9.17) is 4.74 Å². The van der Waals surface area contributed by atoms with E-state index in [1.807, 2.05) is 27.7 Å². The molecule has 0 saturated carbocycles. The van der Waals surface area contributed by atoms with E-state index in [0.717, 1.165) is 30.9 Å². The molecule has 0 fully saturated rings. The van der Waals surface area contributed by atoms with Crippen molar-refractivity contribution in [2.75, 3.05) is 13.7 Å². The summed E-state index contributed by atoms with van der Waals surface area (Å²) >= 11 is 0. The van der Waals surface area contributed by atoms with Crippen molar-refractivity contribution >= 4 is 17.5 Å². The molecule has 0 bridgehead atoms. The van der Waals surface area contributed by atoms with Gasteiger partial charge in [-0.15, -0.1) is 0 Å². The molecule has 1 N–H and O–H groups in total. The molecule has 0 radical (unpaired) electrons. The quantitative estimate of drug-likeness (QED) is 0.376. The van der Waals surface area contributed by atoms with Gasteiger partial charge in [0.25, 0.3) is 5.78 Å². The molecule has 126 valence electrons. The smallest absolute Gasteiger partial charge is 0.378 e. The Morgan fingerprint density at radius 2 is 1.91 bits per heavy atom. The van der Waals surface area contributed by atoms with Crippen LogP contribution in [-0.2, 0) is 19.7 Å². The number of hydrogen-bond donors (Lipinski definition) is 1. The topological polar surface area (TPSA) is 72.8 Å². The number of ketones is 1. The average molecular weight is 320 g/mol. The molecule has 23 heavy (non-hydrogen) atoms. The van der Waals surface area contributed by atoms with E-state index >= 15 is 0 Å². The molecule has 0 unspecified atom stereocenters. The monoisotopic (exact) mass is 320 g/mol. The Balaban J connectivity index is 3.21. The van der Waals surface area contributed by atoms with Gasteiger partial charge < -0.3 is 14.6 Å². The SMILES string of the molecule is CCCOc1ccc(/C(O)=C/C(=O)C(=O)OC)cc1C(C)(C)C. The van der Waals surface area contributed by atoms with Crippen molar-refractivity contribution in [3.8, 4) is 5.75 Å². The second-order valence-electron chi connectivity index (χ2n) is 6.19.